The lowest BCUT2D eigenvalue weighted by atomic mass is 10.0. The molecular formula is C21H15F5N2O2. The van der Waals surface area contributed by atoms with Crippen LogP contribution in [0.4, 0.5) is 27.6 Å². The SMILES string of the molecule is C=CCc1cc(/C=C2/C(=O)N(c3c(F)c(F)c(F)c(F)c3F)N=C2C)ccc1OC. The van der Waals surface area contributed by atoms with Crippen molar-refractivity contribution in [1.29, 1.82) is 0 Å². The van der Waals surface area contributed by atoms with Crippen LogP contribution in [0.1, 0.15) is 18.1 Å². The summed E-state index contributed by atoms with van der Waals surface area (Å²) in [6, 6.07) is 5.02. The van der Waals surface area contributed by atoms with Crippen LogP contribution in [-0.4, -0.2) is 18.7 Å². The van der Waals surface area contributed by atoms with E-state index in [1.165, 1.54) is 20.1 Å². The zero-order chi connectivity index (χ0) is 22.2. The highest BCUT2D eigenvalue weighted by atomic mass is 19.2. The van der Waals surface area contributed by atoms with Gasteiger partial charge in [-0.05, 0) is 42.7 Å². The van der Waals surface area contributed by atoms with E-state index in [-0.39, 0.29) is 16.3 Å². The monoisotopic (exact) mass is 422 g/mol. The summed E-state index contributed by atoms with van der Waals surface area (Å²) in [6.45, 7) is 5.04. The topological polar surface area (TPSA) is 41.9 Å². The molecule has 1 amide bonds. The van der Waals surface area contributed by atoms with Crippen LogP contribution in [0.3, 0.4) is 0 Å². The predicted octanol–water partition coefficient (Wildman–Crippen LogP) is 4.93. The molecule has 0 aromatic heterocycles. The molecule has 0 atom stereocenters. The number of anilines is 1. The molecule has 0 unspecified atom stereocenters. The molecule has 1 aliphatic heterocycles. The number of ether oxygens (including phenoxy) is 1. The largest absolute Gasteiger partial charge is 0.496 e. The number of halogens is 5. The maximum absolute atomic E-state index is 14.1. The van der Waals surface area contributed by atoms with E-state index in [2.05, 4.69) is 11.7 Å². The molecule has 1 heterocycles. The Hall–Kier alpha value is -3.49. The van der Waals surface area contributed by atoms with E-state index < -0.39 is 40.7 Å². The highest BCUT2D eigenvalue weighted by Gasteiger charge is 2.37. The van der Waals surface area contributed by atoms with Gasteiger partial charge in [0.25, 0.3) is 5.91 Å². The van der Waals surface area contributed by atoms with Crippen LogP contribution in [-0.2, 0) is 11.2 Å². The first-order chi connectivity index (χ1) is 14.2. The Morgan fingerprint density at radius 2 is 1.67 bits per heavy atom. The second kappa shape index (κ2) is 8.10. The number of nitrogens with zero attached hydrogens (tertiary/aromatic N) is 2. The summed E-state index contributed by atoms with van der Waals surface area (Å²) in [6.07, 6.45) is 3.55. The first-order valence-corrected chi connectivity index (χ1v) is 8.62. The van der Waals surface area contributed by atoms with Gasteiger partial charge in [0.15, 0.2) is 23.3 Å². The van der Waals surface area contributed by atoms with Gasteiger partial charge in [-0.2, -0.15) is 10.1 Å². The van der Waals surface area contributed by atoms with Crippen molar-refractivity contribution < 1.29 is 31.5 Å². The normalized spacial score (nSPS) is 15.0. The van der Waals surface area contributed by atoms with Crippen molar-refractivity contribution in [3.8, 4) is 5.75 Å². The molecule has 0 saturated heterocycles. The van der Waals surface area contributed by atoms with Crippen LogP contribution < -0.4 is 9.75 Å². The minimum atomic E-state index is -2.31. The van der Waals surface area contributed by atoms with Gasteiger partial charge in [-0.15, -0.1) is 6.58 Å². The molecule has 2 aromatic rings. The molecular weight excluding hydrogens is 407 g/mol. The van der Waals surface area contributed by atoms with Gasteiger partial charge in [-0.25, -0.2) is 22.0 Å². The molecule has 0 spiro atoms. The van der Waals surface area contributed by atoms with Gasteiger partial charge in [-0.3, -0.25) is 4.79 Å². The van der Waals surface area contributed by atoms with E-state index in [9.17, 15) is 26.7 Å². The van der Waals surface area contributed by atoms with Crippen molar-refractivity contribution >= 4 is 23.4 Å². The summed E-state index contributed by atoms with van der Waals surface area (Å²) >= 11 is 0. The third-order valence-corrected chi connectivity index (χ3v) is 4.44. The number of methoxy groups -OCH3 is 1. The van der Waals surface area contributed by atoms with E-state index in [0.29, 0.717) is 17.7 Å². The number of amides is 1. The van der Waals surface area contributed by atoms with Crippen LogP contribution in [0.15, 0.2) is 41.5 Å². The van der Waals surface area contributed by atoms with E-state index in [4.69, 9.17) is 4.74 Å². The fourth-order valence-electron chi connectivity index (χ4n) is 2.99. The van der Waals surface area contributed by atoms with Crippen molar-refractivity contribution in [3.63, 3.8) is 0 Å². The average molecular weight is 422 g/mol. The standard InChI is InChI=1S/C21H15F5N2O2/c1-4-5-12-8-11(6-7-14(12)30-3)9-13-10(2)27-28(21(13)29)20-18(25)16(23)15(22)17(24)19(20)26/h4,6-9H,1,5H2,2-3H3/b13-9+. The minimum Gasteiger partial charge on any atom is -0.496 e. The summed E-state index contributed by atoms with van der Waals surface area (Å²) < 4.78 is 73.8. The molecule has 0 radical (unpaired) electrons. The molecule has 0 bridgehead atoms. The van der Waals surface area contributed by atoms with E-state index in [0.717, 1.165) is 5.56 Å². The zero-order valence-corrected chi connectivity index (χ0v) is 15.9. The van der Waals surface area contributed by atoms with Crippen molar-refractivity contribution in [2.24, 2.45) is 5.10 Å². The number of benzene rings is 2. The van der Waals surface area contributed by atoms with Gasteiger partial charge < -0.3 is 4.74 Å². The number of hydrazone groups is 1. The summed E-state index contributed by atoms with van der Waals surface area (Å²) in [4.78, 5) is 12.7. The number of hydrogen-bond acceptors (Lipinski definition) is 3. The second-order valence-electron chi connectivity index (χ2n) is 6.34. The van der Waals surface area contributed by atoms with Crippen molar-refractivity contribution in [2.75, 3.05) is 12.1 Å². The number of allylic oxidation sites excluding steroid dienone is 1. The molecule has 0 fully saturated rings. The molecule has 156 valence electrons. The second-order valence-corrected chi connectivity index (χ2v) is 6.34. The minimum absolute atomic E-state index is 0.0463. The summed E-state index contributed by atoms with van der Waals surface area (Å²) in [5, 5.41) is 3.87. The molecule has 9 heteroatoms. The lowest BCUT2D eigenvalue weighted by Gasteiger charge is -2.15. The average Bonchev–Trinajstić information content (AvgIpc) is 2.99. The molecule has 0 aliphatic carbocycles. The van der Waals surface area contributed by atoms with Gasteiger partial charge in [-0.1, -0.05) is 12.1 Å². The Morgan fingerprint density at radius 3 is 2.23 bits per heavy atom. The third kappa shape index (κ3) is 3.47. The van der Waals surface area contributed by atoms with Crippen LogP contribution >= 0.6 is 0 Å². The van der Waals surface area contributed by atoms with E-state index in [1.807, 2.05) is 0 Å². The predicted molar refractivity (Wildman–Crippen MR) is 102 cm³/mol. The Bertz CT molecular complexity index is 1100. The van der Waals surface area contributed by atoms with E-state index in [1.54, 1.807) is 24.3 Å². The van der Waals surface area contributed by atoms with E-state index >= 15 is 0 Å². The van der Waals surface area contributed by atoms with Crippen molar-refractivity contribution in [3.05, 3.63) is 76.6 Å². The molecule has 3 rings (SSSR count). The molecule has 0 N–H and O–H groups in total. The summed E-state index contributed by atoms with van der Waals surface area (Å²) in [5.74, 6) is -11.4. The quantitative estimate of drug-likeness (QED) is 0.226. The third-order valence-electron chi connectivity index (χ3n) is 4.44. The van der Waals surface area contributed by atoms with Crippen LogP contribution in [0.5, 0.6) is 5.75 Å². The Kier molecular flexibility index (Phi) is 5.73. The molecule has 30 heavy (non-hydrogen) atoms. The highest BCUT2D eigenvalue weighted by molar-refractivity contribution is 6.32. The van der Waals surface area contributed by atoms with Gasteiger partial charge in [0, 0.05) is 0 Å². The number of hydrogen-bond donors (Lipinski definition) is 0. The molecule has 0 saturated carbocycles. The van der Waals surface area contributed by atoms with Crippen LogP contribution in [0.2, 0.25) is 0 Å². The molecule has 4 nitrogen and oxygen atoms in total. The van der Waals surface area contributed by atoms with Gasteiger partial charge in [0.2, 0.25) is 5.82 Å². The first-order valence-electron chi connectivity index (χ1n) is 8.62. The van der Waals surface area contributed by atoms with Crippen LogP contribution in [0, 0.1) is 29.1 Å². The maximum Gasteiger partial charge on any atom is 0.280 e. The lowest BCUT2D eigenvalue weighted by molar-refractivity contribution is -0.114. The fourth-order valence-corrected chi connectivity index (χ4v) is 2.99. The maximum atomic E-state index is 14.1. The Morgan fingerprint density at radius 1 is 1.07 bits per heavy atom. The number of carbonyl (C=O) groups is 1. The Labute approximate surface area is 168 Å². The molecule has 1 aliphatic rings. The number of rotatable bonds is 5. The highest BCUT2D eigenvalue weighted by Crippen LogP contribution is 2.34. The zero-order valence-electron chi connectivity index (χ0n) is 15.9. The molecule has 2 aromatic carbocycles. The summed E-state index contributed by atoms with van der Waals surface area (Å²) in [7, 11) is 1.50. The fraction of sp³-hybridized carbons (Fsp3) is 0.143. The van der Waals surface area contributed by atoms with Crippen molar-refractivity contribution in [2.45, 2.75) is 13.3 Å². The lowest BCUT2D eigenvalue weighted by Crippen LogP contribution is -2.25. The van der Waals surface area contributed by atoms with Crippen molar-refractivity contribution in [1.82, 2.24) is 0 Å². The van der Waals surface area contributed by atoms with Gasteiger partial charge >= 0.3 is 0 Å². The van der Waals surface area contributed by atoms with Gasteiger partial charge in [0.1, 0.15) is 11.4 Å². The number of carbonyl (C=O) groups excluding carboxylic acids is 1. The summed E-state index contributed by atoms with van der Waals surface area (Å²) in [5.41, 5.74) is -0.122. The smallest absolute Gasteiger partial charge is 0.280 e. The van der Waals surface area contributed by atoms with Crippen LogP contribution in [0.25, 0.3) is 6.08 Å². The first kappa shape index (κ1) is 21.2. The Balaban J connectivity index is 2.06. The van der Waals surface area contributed by atoms with Gasteiger partial charge in [0.05, 0.1) is 18.4 Å².